The molecule has 0 heterocycles. The van der Waals surface area contributed by atoms with Gasteiger partial charge in [0.05, 0.1) is 5.56 Å². The lowest BCUT2D eigenvalue weighted by atomic mass is 9.96. The van der Waals surface area contributed by atoms with E-state index in [0.29, 0.717) is 17.0 Å². The number of amides is 1. The van der Waals surface area contributed by atoms with Crippen molar-refractivity contribution in [1.29, 1.82) is 0 Å². The number of carbonyl (C=O) groups is 1. The van der Waals surface area contributed by atoms with Crippen LogP contribution in [0, 0.1) is 24.5 Å². The van der Waals surface area contributed by atoms with E-state index in [1.54, 1.807) is 0 Å². The molecule has 2 aromatic rings. The number of rotatable bonds is 7. The van der Waals surface area contributed by atoms with E-state index in [0.717, 1.165) is 25.1 Å². The average molecular weight is 346 g/mol. The van der Waals surface area contributed by atoms with Gasteiger partial charge in [-0.25, -0.2) is 8.78 Å². The molecule has 0 spiro atoms. The third-order valence-corrected chi connectivity index (χ3v) is 4.21. The molecule has 3 N–H and O–H groups in total. The topological polar surface area (TPSA) is 55.1 Å². The molecule has 0 aliphatic heterocycles. The third kappa shape index (κ3) is 4.63. The summed E-state index contributed by atoms with van der Waals surface area (Å²) in [4.78, 5) is 11.3. The maximum Gasteiger partial charge on any atom is 0.251 e. The number of carbonyl (C=O) groups excluding carboxylic acids is 1. The van der Waals surface area contributed by atoms with E-state index < -0.39 is 23.1 Å². The Morgan fingerprint density at radius 3 is 2.36 bits per heavy atom. The minimum atomic E-state index is -1.19. The van der Waals surface area contributed by atoms with Gasteiger partial charge in [0.25, 0.3) is 5.91 Å². The van der Waals surface area contributed by atoms with Crippen LogP contribution in [-0.2, 0) is 6.54 Å². The molecule has 0 aliphatic carbocycles. The van der Waals surface area contributed by atoms with Gasteiger partial charge in [0.2, 0.25) is 0 Å². The van der Waals surface area contributed by atoms with Gasteiger partial charge in [0.15, 0.2) is 11.6 Å². The number of nitrogens with two attached hydrogens (primary N) is 1. The number of hydrogen-bond acceptors (Lipinski definition) is 2. The molecule has 0 unspecified atom stereocenters. The number of primary amides is 1. The van der Waals surface area contributed by atoms with Gasteiger partial charge in [-0.2, -0.15) is 0 Å². The smallest absolute Gasteiger partial charge is 0.251 e. The Balaban J connectivity index is 2.21. The Morgan fingerprint density at radius 2 is 1.80 bits per heavy atom. The zero-order valence-corrected chi connectivity index (χ0v) is 14.8. The van der Waals surface area contributed by atoms with Crippen LogP contribution < -0.4 is 11.1 Å². The summed E-state index contributed by atoms with van der Waals surface area (Å²) >= 11 is 0. The lowest BCUT2D eigenvalue weighted by Gasteiger charge is -2.12. The fourth-order valence-corrected chi connectivity index (χ4v) is 2.62. The molecule has 134 valence electrons. The summed E-state index contributed by atoms with van der Waals surface area (Å²) in [6, 6.07) is 8.85. The van der Waals surface area contributed by atoms with Gasteiger partial charge < -0.3 is 11.1 Å². The van der Waals surface area contributed by atoms with E-state index in [4.69, 9.17) is 5.73 Å². The molecule has 5 heteroatoms. The molecule has 0 atom stereocenters. The highest BCUT2D eigenvalue weighted by Crippen LogP contribution is 2.29. The van der Waals surface area contributed by atoms with Crippen LogP contribution in [0.25, 0.3) is 11.1 Å². The summed E-state index contributed by atoms with van der Waals surface area (Å²) in [5.41, 5.74) is 7.14. The summed E-state index contributed by atoms with van der Waals surface area (Å²) in [5, 5.41) is 3.37. The Kier molecular flexibility index (Phi) is 6.26. The van der Waals surface area contributed by atoms with Gasteiger partial charge in [-0.15, -0.1) is 0 Å². The van der Waals surface area contributed by atoms with Crippen molar-refractivity contribution >= 4 is 5.91 Å². The lowest BCUT2D eigenvalue weighted by Crippen LogP contribution is -2.16. The summed E-state index contributed by atoms with van der Waals surface area (Å²) in [6.07, 6.45) is 1.11. The first-order chi connectivity index (χ1) is 11.8. The van der Waals surface area contributed by atoms with Crippen LogP contribution in [0.15, 0.2) is 30.3 Å². The van der Waals surface area contributed by atoms with Gasteiger partial charge in [0, 0.05) is 6.54 Å². The minimum absolute atomic E-state index is 0.158. The molecule has 0 radical (unpaired) electrons. The third-order valence-electron chi connectivity index (χ3n) is 4.21. The van der Waals surface area contributed by atoms with E-state index in [-0.39, 0.29) is 5.56 Å². The van der Waals surface area contributed by atoms with E-state index in [1.165, 1.54) is 13.0 Å². The van der Waals surface area contributed by atoms with Gasteiger partial charge >= 0.3 is 0 Å². The molecule has 0 bridgehead atoms. The molecule has 2 aromatic carbocycles. The van der Waals surface area contributed by atoms with Crippen LogP contribution in [0.3, 0.4) is 0 Å². The molecule has 0 fully saturated rings. The fraction of sp³-hybridized carbons (Fsp3) is 0.350. The van der Waals surface area contributed by atoms with E-state index in [9.17, 15) is 13.6 Å². The maximum absolute atomic E-state index is 14.1. The second kappa shape index (κ2) is 8.21. The molecular weight excluding hydrogens is 322 g/mol. The van der Waals surface area contributed by atoms with Crippen LogP contribution in [0.2, 0.25) is 0 Å². The van der Waals surface area contributed by atoms with Gasteiger partial charge in [-0.1, -0.05) is 38.1 Å². The molecule has 0 saturated carbocycles. The van der Waals surface area contributed by atoms with Crippen molar-refractivity contribution in [3.8, 4) is 11.1 Å². The molecule has 0 saturated heterocycles. The molecule has 1 amide bonds. The average Bonchev–Trinajstić information content (AvgIpc) is 2.57. The van der Waals surface area contributed by atoms with Crippen LogP contribution in [0.1, 0.15) is 41.8 Å². The SMILES string of the molecule is Cc1c(-c2ccc(CNCCC(C)C)cc2)cc(C(N)=O)c(F)c1F. The Morgan fingerprint density at radius 1 is 1.16 bits per heavy atom. The van der Waals surface area contributed by atoms with Crippen molar-refractivity contribution in [1.82, 2.24) is 5.32 Å². The normalized spacial score (nSPS) is 11.1. The van der Waals surface area contributed by atoms with Crippen LogP contribution in [0.4, 0.5) is 8.78 Å². The number of hydrogen-bond donors (Lipinski definition) is 2. The molecule has 2 rings (SSSR count). The monoisotopic (exact) mass is 346 g/mol. The highest BCUT2D eigenvalue weighted by Gasteiger charge is 2.19. The van der Waals surface area contributed by atoms with E-state index >= 15 is 0 Å². The minimum Gasteiger partial charge on any atom is -0.366 e. The number of nitrogens with one attached hydrogen (secondary N) is 1. The van der Waals surface area contributed by atoms with Crippen molar-refractivity contribution < 1.29 is 13.6 Å². The van der Waals surface area contributed by atoms with Crippen LogP contribution in [0.5, 0.6) is 0 Å². The zero-order chi connectivity index (χ0) is 18.6. The zero-order valence-electron chi connectivity index (χ0n) is 14.8. The van der Waals surface area contributed by atoms with Gasteiger partial charge in [-0.3, -0.25) is 4.79 Å². The first-order valence-corrected chi connectivity index (χ1v) is 8.39. The van der Waals surface area contributed by atoms with Gasteiger partial charge in [-0.05, 0) is 54.1 Å². The second-order valence-electron chi connectivity index (χ2n) is 6.65. The summed E-state index contributed by atoms with van der Waals surface area (Å²) in [5.74, 6) is -2.56. The lowest BCUT2D eigenvalue weighted by molar-refractivity contribution is 0.0995. The Hall–Kier alpha value is -2.27. The quantitative estimate of drug-likeness (QED) is 0.739. The number of benzene rings is 2. The first-order valence-electron chi connectivity index (χ1n) is 8.39. The summed E-state index contributed by atoms with van der Waals surface area (Å²) in [6.45, 7) is 7.54. The van der Waals surface area contributed by atoms with Crippen molar-refractivity contribution in [2.24, 2.45) is 11.7 Å². The van der Waals surface area contributed by atoms with E-state index in [1.807, 2.05) is 24.3 Å². The fourth-order valence-electron chi connectivity index (χ4n) is 2.62. The number of halogens is 2. The van der Waals surface area contributed by atoms with Gasteiger partial charge in [0.1, 0.15) is 0 Å². The van der Waals surface area contributed by atoms with E-state index in [2.05, 4.69) is 19.2 Å². The van der Waals surface area contributed by atoms with Crippen molar-refractivity contribution in [3.05, 3.63) is 58.7 Å². The molecule has 3 nitrogen and oxygen atoms in total. The standard InChI is InChI=1S/C20H24F2N2O/c1-12(2)8-9-24-11-14-4-6-15(7-5-14)16-10-17(20(23)25)19(22)18(21)13(16)3/h4-7,10,12,24H,8-9,11H2,1-3H3,(H2,23,25). The molecular formula is C20H24F2N2O. The predicted molar refractivity (Wildman–Crippen MR) is 96.2 cm³/mol. The Bertz CT molecular complexity index is 755. The maximum atomic E-state index is 14.1. The van der Waals surface area contributed by atoms with Crippen molar-refractivity contribution in [2.75, 3.05) is 6.54 Å². The molecule has 0 aromatic heterocycles. The largest absolute Gasteiger partial charge is 0.366 e. The summed E-state index contributed by atoms with van der Waals surface area (Å²) in [7, 11) is 0. The highest BCUT2D eigenvalue weighted by atomic mass is 19.2. The molecule has 25 heavy (non-hydrogen) atoms. The van der Waals surface area contributed by atoms with Crippen LogP contribution >= 0.6 is 0 Å². The van der Waals surface area contributed by atoms with Crippen molar-refractivity contribution in [2.45, 2.75) is 33.7 Å². The highest BCUT2D eigenvalue weighted by molar-refractivity contribution is 5.94. The first kappa shape index (κ1) is 19.1. The summed E-state index contributed by atoms with van der Waals surface area (Å²) < 4.78 is 27.9. The van der Waals surface area contributed by atoms with Crippen LogP contribution in [-0.4, -0.2) is 12.5 Å². The molecule has 0 aliphatic rings. The predicted octanol–water partition coefficient (Wildman–Crippen LogP) is 4.17. The Labute approximate surface area is 147 Å². The van der Waals surface area contributed by atoms with Crippen molar-refractivity contribution in [3.63, 3.8) is 0 Å². The second-order valence-corrected chi connectivity index (χ2v) is 6.65.